The summed E-state index contributed by atoms with van der Waals surface area (Å²) >= 11 is 0. The molecule has 5 nitrogen and oxygen atoms in total. The standard InChI is InChI=1S/C10H8N4O/c15-10-13-7-2-1-6(5-8(7)14-10)9-11-3-4-12-9/h1-5H,(H,11,12)(H2,13,14,15). The van der Waals surface area contributed by atoms with Crippen LogP contribution in [0.1, 0.15) is 0 Å². The maximum atomic E-state index is 11.1. The maximum absolute atomic E-state index is 11.1. The zero-order valence-corrected chi connectivity index (χ0v) is 7.74. The highest BCUT2D eigenvalue weighted by Crippen LogP contribution is 2.18. The molecule has 0 aliphatic rings. The van der Waals surface area contributed by atoms with E-state index in [4.69, 9.17) is 0 Å². The Labute approximate surface area is 84.2 Å². The average Bonchev–Trinajstić information content (AvgIpc) is 2.82. The molecule has 0 bridgehead atoms. The molecule has 2 heterocycles. The van der Waals surface area contributed by atoms with Gasteiger partial charge in [-0.1, -0.05) is 0 Å². The van der Waals surface area contributed by atoms with Gasteiger partial charge >= 0.3 is 5.69 Å². The summed E-state index contributed by atoms with van der Waals surface area (Å²) in [6, 6.07) is 5.64. The summed E-state index contributed by atoms with van der Waals surface area (Å²) in [5, 5.41) is 0. The van der Waals surface area contributed by atoms with Crippen LogP contribution < -0.4 is 5.69 Å². The van der Waals surface area contributed by atoms with Gasteiger partial charge in [0, 0.05) is 18.0 Å². The number of nitrogens with zero attached hydrogens (tertiary/aromatic N) is 1. The van der Waals surface area contributed by atoms with E-state index in [0.29, 0.717) is 0 Å². The second-order valence-corrected chi connectivity index (χ2v) is 3.28. The molecule has 3 N–H and O–H groups in total. The third kappa shape index (κ3) is 1.25. The van der Waals surface area contributed by atoms with Crippen molar-refractivity contribution >= 4 is 11.0 Å². The highest BCUT2D eigenvalue weighted by atomic mass is 16.1. The van der Waals surface area contributed by atoms with Crippen LogP contribution in [0.2, 0.25) is 0 Å². The van der Waals surface area contributed by atoms with Gasteiger partial charge in [0.2, 0.25) is 0 Å². The van der Waals surface area contributed by atoms with Crippen LogP contribution in [0.15, 0.2) is 35.4 Å². The van der Waals surface area contributed by atoms with E-state index in [1.807, 2.05) is 18.2 Å². The Hall–Kier alpha value is -2.30. The van der Waals surface area contributed by atoms with Crippen LogP contribution in [0, 0.1) is 0 Å². The van der Waals surface area contributed by atoms with Crippen molar-refractivity contribution in [3.63, 3.8) is 0 Å². The van der Waals surface area contributed by atoms with Crippen LogP contribution in [0.4, 0.5) is 0 Å². The lowest BCUT2D eigenvalue weighted by Gasteiger charge is -1.95. The quantitative estimate of drug-likeness (QED) is 0.552. The number of aromatic amines is 3. The fourth-order valence-corrected chi connectivity index (χ4v) is 1.60. The molecule has 0 aliphatic heterocycles. The van der Waals surface area contributed by atoms with Crippen LogP contribution in [0.25, 0.3) is 22.4 Å². The topological polar surface area (TPSA) is 77.3 Å². The van der Waals surface area contributed by atoms with Crippen molar-refractivity contribution in [1.29, 1.82) is 0 Å². The molecule has 0 amide bonds. The van der Waals surface area contributed by atoms with Crippen molar-refractivity contribution in [2.45, 2.75) is 0 Å². The van der Waals surface area contributed by atoms with E-state index in [1.165, 1.54) is 0 Å². The van der Waals surface area contributed by atoms with E-state index in [0.717, 1.165) is 22.4 Å². The summed E-state index contributed by atoms with van der Waals surface area (Å²) in [6.07, 6.45) is 3.46. The van der Waals surface area contributed by atoms with Gasteiger partial charge in [-0.2, -0.15) is 0 Å². The van der Waals surface area contributed by atoms with E-state index < -0.39 is 0 Å². The molecule has 3 aromatic rings. The molecule has 3 rings (SSSR count). The lowest BCUT2D eigenvalue weighted by molar-refractivity contribution is 1.21. The predicted octanol–water partition coefficient (Wildman–Crippen LogP) is 1.25. The van der Waals surface area contributed by atoms with Crippen molar-refractivity contribution < 1.29 is 0 Å². The molecule has 15 heavy (non-hydrogen) atoms. The largest absolute Gasteiger partial charge is 0.345 e. The van der Waals surface area contributed by atoms with Crippen LogP contribution in [0.3, 0.4) is 0 Å². The third-order valence-corrected chi connectivity index (χ3v) is 2.29. The van der Waals surface area contributed by atoms with Crippen molar-refractivity contribution in [3.8, 4) is 11.4 Å². The number of rotatable bonds is 1. The van der Waals surface area contributed by atoms with E-state index in [1.54, 1.807) is 12.4 Å². The Morgan fingerprint density at radius 1 is 1.13 bits per heavy atom. The van der Waals surface area contributed by atoms with Crippen LogP contribution in [-0.2, 0) is 0 Å². The summed E-state index contributed by atoms with van der Waals surface area (Å²) in [6.45, 7) is 0. The van der Waals surface area contributed by atoms with Gasteiger partial charge in [-0.25, -0.2) is 9.78 Å². The zero-order chi connectivity index (χ0) is 10.3. The third-order valence-electron chi connectivity index (χ3n) is 2.29. The lowest BCUT2D eigenvalue weighted by atomic mass is 10.2. The second-order valence-electron chi connectivity index (χ2n) is 3.28. The number of hydrogen-bond acceptors (Lipinski definition) is 2. The molecular weight excluding hydrogens is 192 g/mol. The van der Waals surface area contributed by atoms with Crippen LogP contribution in [-0.4, -0.2) is 19.9 Å². The number of aromatic nitrogens is 4. The highest BCUT2D eigenvalue weighted by molar-refractivity contribution is 5.79. The second kappa shape index (κ2) is 2.84. The minimum absolute atomic E-state index is 0.193. The summed E-state index contributed by atoms with van der Waals surface area (Å²) in [5.74, 6) is 0.791. The molecule has 0 atom stereocenters. The summed E-state index contributed by atoms with van der Waals surface area (Å²) < 4.78 is 0. The Morgan fingerprint density at radius 2 is 2.00 bits per heavy atom. The summed E-state index contributed by atoms with van der Waals surface area (Å²) in [7, 11) is 0. The van der Waals surface area contributed by atoms with Gasteiger partial charge in [-0.05, 0) is 18.2 Å². The molecule has 5 heteroatoms. The van der Waals surface area contributed by atoms with Gasteiger partial charge in [0.15, 0.2) is 0 Å². The number of fused-ring (bicyclic) bond motifs is 1. The molecule has 0 saturated carbocycles. The molecule has 0 saturated heterocycles. The minimum atomic E-state index is -0.193. The first-order chi connectivity index (χ1) is 7.33. The smallest absolute Gasteiger partial charge is 0.323 e. The van der Waals surface area contributed by atoms with Crippen molar-refractivity contribution in [2.75, 3.05) is 0 Å². The fourth-order valence-electron chi connectivity index (χ4n) is 1.60. The number of nitrogens with one attached hydrogen (secondary N) is 3. The van der Waals surface area contributed by atoms with Crippen molar-refractivity contribution in [3.05, 3.63) is 41.1 Å². The number of benzene rings is 1. The van der Waals surface area contributed by atoms with E-state index >= 15 is 0 Å². The highest BCUT2D eigenvalue weighted by Gasteiger charge is 2.02. The molecule has 0 fully saturated rings. The Balaban J connectivity index is 2.26. The molecule has 74 valence electrons. The minimum Gasteiger partial charge on any atom is -0.345 e. The number of imidazole rings is 2. The number of hydrogen-bond donors (Lipinski definition) is 3. The van der Waals surface area contributed by atoms with Crippen LogP contribution in [0.5, 0.6) is 0 Å². The zero-order valence-electron chi connectivity index (χ0n) is 7.74. The van der Waals surface area contributed by atoms with Gasteiger partial charge in [0.1, 0.15) is 5.82 Å². The van der Waals surface area contributed by atoms with Crippen molar-refractivity contribution in [1.82, 2.24) is 19.9 Å². The van der Waals surface area contributed by atoms with Gasteiger partial charge < -0.3 is 15.0 Å². The van der Waals surface area contributed by atoms with Gasteiger partial charge in [0.25, 0.3) is 0 Å². The Kier molecular flexibility index (Phi) is 1.53. The molecule has 0 radical (unpaired) electrons. The maximum Gasteiger partial charge on any atom is 0.323 e. The fraction of sp³-hybridized carbons (Fsp3) is 0. The van der Waals surface area contributed by atoms with E-state index in [-0.39, 0.29) is 5.69 Å². The van der Waals surface area contributed by atoms with Crippen LogP contribution >= 0.6 is 0 Å². The lowest BCUT2D eigenvalue weighted by Crippen LogP contribution is -1.99. The first kappa shape index (κ1) is 8.05. The van der Waals surface area contributed by atoms with Gasteiger partial charge in [-0.3, -0.25) is 0 Å². The molecular formula is C10H8N4O. The summed E-state index contributed by atoms with van der Waals surface area (Å²) in [4.78, 5) is 23.6. The first-order valence-electron chi connectivity index (χ1n) is 4.55. The molecule has 0 aliphatic carbocycles. The van der Waals surface area contributed by atoms with E-state index in [2.05, 4.69) is 19.9 Å². The molecule has 2 aromatic heterocycles. The van der Waals surface area contributed by atoms with Gasteiger partial charge in [-0.15, -0.1) is 0 Å². The van der Waals surface area contributed by atoms with E-state index in [9.17, 15) is 4.79 Å². The first-order valence-corrected chi connectivity index (χ1v) is 4.55. The molecule has 0 spiro atoms. The SMILES string of the molecule is O=c1[nH]c2ccc(-c3ncc[nH]3)cc2[nH]1. The molecule has 0 unspecified atom stereocenters. The van der Waals surface area contributed by atoms with Crippen molar-refractivity contribution in [2.24, 2.45) is 0 Å². The number of H-pyrrole nitrogens is 3. The van der Waals surface area contributed by atoms with Gasteiger partial charge in [0.05, 0.1) is 11.0 Å². The predicted molar refractivity (Wildman–Crippen MR) is 56.5 cm³/mol. The normalized spacial score (nSPS) is 10.9. The summed E-state index contributed by atoms with van der Waals surface area (Å²) in [5.41, 5.74) is 2.34. The Bertz CT molecular complexity index is 647. The monoisotopic (exact) mass is 200 g/mol. The average molecular weight is 200 g/mol. The molecule has 1 aromatic carbocycles. The Morgan fingerprint density at radius 3 is 2.80 bits per heavy atom.